The van der Waals surface area contributed by atoms with Gasteiger partial charge in [-0.05, 0) is 0 Å². The van der Waals surface area contributed by atoms with Gasteiger partial charge in [0.2, 0.25) is 0 Å². The van der Waals surface area contributed by atoms with Crippen LogP contribution >= 0.6 is 20.1 Å². The Morgan fingerprint density at radius 2 is 0.615 bits per heavy atom. The predicted molar refractivity (Wildman–Crippen MR) is 122 cm³/mol. The van der Waals surface area contributed by atoms with Crippen molar-refractivity contribution in [3.05, 3.63) is 97.1 Å². The van der Waals surface area contributed by atoms with Gasteiger partial charge >= 0.3 is 166 Å². The SMILES string of the molecule is I[As]12(c3ccccc3-c3ccccc31)c1ccccc1-c1ccccc12. The molecule has 0 amide bonds. The molecule has 0 atom stereocenters. The average Bonchev–Trinajstić information content (AvgIpc) is 3.11. The van der Waals surface area contributed by atoms with Crippen molar-refractivity contribution in [3.63, 3.8) is 0 Å². The van der Waals surface area contributed by atoms with Crippen LogP contribution in [0.2, 0.25) is 0 Å². The van der Waals surface area contributed by atoms with E-state index in [1.54, 1.807) is 17.4 Å². The van der Waals surface area contributed by atoms with E-state index in [2.05, 4.69) is 117 Å². The maximum atomic E-state index is 2.93. The van der Waals surface area contributed by atoms with E-state index in [-0.39, 0.29) is 0 Å². The molecular formula is C24H16AsI. The summed E-state index contributed by atoms with van der Waals surface area (Å²) in [6.07, 6.45) is 0. The van der Waals surface area contributed by atoms with E-state index >= 15 is 0 Å². The van der Waals surface area contributed by atoms with Crippen molar-refractivity contribution in [2.45, 2.75) is 0 Å². The molecule has 0 radical (unpaired) electrons. The molecule has 2 aliphatic heterocycles. The summed E-state index contributed by atoms with van der Waals surface area (Å²) < 4.78 is 6.24. The maximum absolute atomic E-state index is 3.44. The summed E-state index contributed by atoms with van der Waals surface area (Å²) in [5, 5.41) is 0. The molecule has 0 bridgehead atoms. The molecule has 0 fully saturated rings. The molecule has 4 aromatic rings. The van der Waals surface area contributed by atoms with Crippen molar-refractivity contribution in [1.29, 1.82) is 0 Å². The number of hydrogen-bond acceptors (Lipinski definition) is 0. The molecule has 6 rings (SSSR count). The quantitative estimate of drug-likeness (QED) is 0.251. The van der Waals surface area contributed by atoms with Crippen LogP contribution in [0.25, 0.3) is 22.3 Å². The predicted octanol–water partition coefficient (Wildman–Crippen LogP) is 3.91. The zero-order valence-corrected chi connectivity index (χ0v) is 18.1. The molecule has 26 heavy (non-hydrogen) atoms. The van der Waals surface area contributed by atoms with Crippen LogP contribution in [-0.4, -0.2) is 9.10 Å². The van der Waals surface area contributed by atoms with E-state index in [0.29, 0.717) is 0 Å². The van der Waals surface area contributed by atoms with Gasteiger partial charge in [-0.3, -0.25) is 0 Å². The second kappa shape index (κ2) is 4.91. The molecule has 4 aromatic carbocycles. The van der Waals surface area contributed by atoms with Crippen molar-refractivity contribution in [1.82, 2.24) is 0 Å². The van der Waals surface area contributed by atoms with E-state index in [4.69, 9.17) is 0 Å². The van der Waals surface area contributed by atoms with E-state index < -0.39 is 9.10 Å². The minimum atomic E-state index is -3.44. The fourth-order valence-electron chi connectivity index (χ4n) is 5.05. The zero-order valence-electron chi connectivity index (χ0n) is 14.1. The summed E-state index contributed by atoms with van der Waals surface area (Å²) >= 11 is 2.93. The summed E-state index contributed by atoms with van der Waals surface area (Å²) in [4.78, 5) is 0. The number of rotatable bonds is 0. The molecule has 1 spiro atoms. The molecule has 0 saturated heterocycles. The topological polar surface area (TPSA) is 0 Å². The summed E-state index contributed by atoms with van der Waals surface area (Å²) in [7, 11) is -3.44. The van der Waals surface area contributed by atoms with Gasteiger partial charge in [-0.15, -0.1) is 0 Å². The van der Waals surface area contributed by atoms with Gasteiger partial charge in [0, 0.05) is 0 Å². The van der Waals surface area contributed by atoms with Crippen LogP contribution in [0.5, 0.6) is 0 Å². The molecule has 2 heteroatoms. The van der Waals surface area contributed by atoms with Gasteiger partial charge in [0.1, 0.15) is 0 Å². The van der Waals surface area contributed by atoms with Gasteiger partial charge in [-0.25, -0.2) is 0 Å². The second-order valence-corrected chi connectivity index (χ2v) is 25.4. The summed E-state index contributed by atoms with van der Waals surface area (Å²) in [5.41, 5.74) is 5.70. The monoisotopic (exact) mass is 506 g/mol. The molecule has 0 aromatic heterocycles. The fraction of sp³-hybridized carbons (Fsp3) is 0. The Bertz CT molecular complexity index is 1030. The Kier molecular flexibility index (Phi) is 2.88. The number of benzene rings is 4. The molecule has 0 saturated carbocycles. The van der Waals surface area contributed by atoms with Crippen LogP contribution in [0.4, 0.5) is 0 Å². The third kappa shape index (κ3) is 1.47. The third-order valence-electron chi connectivity index (χ3n) is 6.01. The van der Waals surface area contributed by atoms with Crippen LogP contribution in [0.3, 0.4) is 0 Å². The Hall–Kier alpha value is -1.83. The normalized spacial score (nSPS) is 18.3. The summed E-state index contributed by atoms with van der Waals surface area (Å²) in [6, 6.07) is 36.5. The Balaban J connectivity index is 1.95. The van der Waals surface area contributed by atoms with E-state index in [0.717, 1.165) is 0 Å². The van der Waals surface area contributed by atoms with Crippen molar-refractivity contribution in [2.75, 3.05) is 0 Å². The molecule has 0 N–H and O–H groups in total. The first-order valence-electron chi connectivity index (χ1n) is 8.87. The Morgan fingerprint density at radius 1 is 0.385 bits per heavy atom. The first-order chi connectivity index (χ1) is 12.7. The Labute approximate surface area is 165 Å². The first kappa shape index (κ1) is 15.2. The molecule has 0 nitrogen and oxygen atoms in total. The zero-order chi connectivity index (χ0) is 17.4. The van der Waals surface area contributed by atoms with Crippen molar-refractivity contribution in [2.24, 2.45) is 0 Å². The van der Waals surface area contributed by atoms with Crippen molar-refractivity contribution < 1.29 is 0 Å². The fourth-order valence-corrected chi connectivity index (χ4v) is 25.6. The van der Waals surface area contributed by atoms with Crippen LogP contribution in [0, 0.1) is 0 Å². The molecule has 2 aliphatic rings. The van der Waals surface area contributed by atoms with Gasteiger partial charge in [0.15, 0.2) is 0 Å². The van der Waals surface area contributed by atoms with Crippen LogP contribution in [0.1, 0.15) is 0 Å². The van der Waals surface area contributed by atoms with Gasteiger partial charge in [0.25, 0.3) is 0 Å². The molecule has 0 unspecified atom stereocenters. The van der Waals surface area contributed by atoms with Crippen molar-refractivity contribution in [3.8, 4) is 22.3 Å². The number of fused-ring (bicyclic) bond motifs is 10. The average molecular weight is 506 g/mol. The molecule has 0 aliphatic carbocycles. The van der Waals surface area contributed by atoms with Gasteiger partial charge in [-0.1, -0.05) is 0 Å². The summed E-state index contributed by atoms with van der Waals surface area (Å²) in [5.74, 6) is 0. The second-order valence-electron chi connectivity index (χ2n) is 7.08. The summed E-state index contributed by atoms with van der Waals surface area (Å²) in [6.45, 7) is 0. The van der Waals surface area contributed by atoms with Crippen LogP contribution in [-0.2, 0) is 0 Å². The molecule has 2 heterocycles. The number of halogens is 1. The molecule has 124 valence electrons. The van der Waals surface area contributed by atoms with Gasteiger partial charge in [0.05, 0.1) is 0 Å². The number of hydrogen-bond donors (Lipinski definition) is 0. The van der Waals surface area contributed by atoms with E-state index in [9.17, 15) is 0 Å². The van der Waals surface area contributed by atoms with Gasteiger partial charge in [-0.2, -0.15) is 0 Å². The van der Waals surface area contributed by atoms with Crippen molar-refractivity contribution >= 4 is 46.6 Å². The van der Waals surface area contributed by atoms with Crippen LogP contribution in [0.15, 0.2) is 97.1 Å². The molecular weight excluding hydrogens is 490 g/mol. The van der Waals surface area contributed by atoms with E-state index in [1.165, 1.54) is 22.3 Å². The third-order valence-corrected chi connectivity index (χ3v) is 27.7. The van der Waals surface area contributed by atoms with Crippen LogP contribution < -0.4 is 17.4 Å². The minimum absolute atomic E-state index is 1.43. The first-order valence-corrected chi connectivity index (χ1v) is 18.3. The standard InChI is InChI=1S/C24H16AsI/c26-25(21-13-5-1-9-17(21)18-10-2-6-14-22(18)25)23-15-7-3-11-19(23)20-12-4-8-16-24(20)25/h1-16H. The Morgan fingerprint density at radius 3 is 0.885 bits per heavy atom. The van der Waals surface area contributed by atoms with E-state index in [1.807, 2.05) is 0 Å². The van der Waals surface area contributed by atoms with Gasteiger partial charge < -0.3 is 0 Å².